The van der Waals surface area contributed by atoms with Crippen molar-refractivity contribution < 1.29 is 0 Å². The molecule has 82 valence electrons. The van der Waals surface area contributed by atoms with Crippen molar-refractivity contribution >= 4 is 11.0 Å². The van der Waals surface area contributed by atoms with Gasteiger partial charge < -0.3 is 4.57 Å². The summed E-state index contributed by atoms with van der Waals surface area (Å²) >= 11 is 0. The molecule has 6 nitrogen and oxygen atoms in total. The van der Waals surface area contributed by atoms with Crippen LogP contribution < -0.4 is 0 Å². The van der Waals surface area contributed by atoms with Crippen molar-refractivity contribution in [3.05, 3.63) is 30.0 Å². The third-order valence-electron chi connectivity index (χ3n) is 2.65. The van der Waals surface area contributed by atoms with Crippen molar-refractivity contribution in [1.82, 2.24) is 25.0 Å². The van der Waals surface area contributed by atoms with Crippen LogP contribution in [0.2, 0.25) is 0 Å². The van der Waals surface area contributed by atoms with Gasteiger partial charge in [-0.15, -0.1) is 5.10 Å². The Morgan fingerprint density at radius 3 is 2.88 bits per heavy atom. The van der Waals surface area contributed by atoms with Gasteiger partial charge in [-0.25, -0.2) is 4.98 Å². The normalized spacial score (nSPS) is 10.6. The maximum Gasteiger partial charge on any atom is 0.193 e. The third kappa shape index (κ3) is 1.29. The zero-order valence-corrected chi connectivity index (χ0v) is 9.05. The summed E-state index contributed by atoms with van der Waals surface area (Å²) in [5.74, 6) is 0.636. The molecule has 0 aliphatic heterocycles. The van der Waals surface area contributed by atoms with E-state index in [4.69, 9.17) is 5.26 Å². The van der Waals surface area contributed by atoms with E-state index in [0.29, 0.717) is 11.5 Å². The second kappa shape index (κ2) is 3.42. The summed E-state index contributed by atoms with van der Waals surface area (Å²) in [4.78, 5) is 4.45. The molecule has 0 saturated heterocycles. The van der Waals surface area contributed by atoms with Gasteiger partial charge in [-0.3, -0.25) is 0 Å². The van der Waals surface area contributed by atoms with Crippen molar-refractivity contribution in [1.29, 1.82) is 5.26 Å². The fourth-order valence-corrected chi connectivity index (χ4v) is 1.82. The second-order valence-corrected chi connectivity index (χ2v) is 3.62. The van der Waals surface area contributed by atoms with Crippen molar-refractivity contribution in [3.8, 4) is 17.6 Å². The maximum absolute atomic E-state index is 8.92. The summed E-state index contributed by atoms with van der Waals surface area (Å²) in [5.41, 5.74) is 2.60. The Morgan fingerprint density at radius 2 is 2.12 bits per heavy atom. The zero-order valence-electron chi connectivity index (χ0n) is 9.05. The first-order valence-electron chi connectivity index (χ1n) is 5.04. The van der Waals surface area contributed by atoms with Gasteiger partial charge >= 0.3 is 0 Å². The first-order valence-corrected chi connectivity index (χ1v) is 5.04. The van der Waals surface area contributed by atoms with Crippen molar-refractivity contribution in [3.63, 3.8) is 0 Å². The van der Waals surface area contributed by atoms with Crippen LogP contribution >= 0.6 is 0 Å². The zero-order chi connectivity index (χ0) is 11.8. The molecule has 0 bridgehead atoms. The number of H-pyrrole nitrogens is 1. The fourth-order valence-electron chi connectivity index (χ4n) is 1.82. The molecule has 0 aliphatic carbocycles. The molecule has 2 aromatic heterocycles. The molecule has 6 heteroatoms. The minimum absolute atomic E-state index is 0.253. The number of aromatic amines is 1. The number of imidazole rings is 1. The lowest BCUT2D eigenvalue weighted by atomic mass is 10.3. The van der Waals surface area contributed by atoms with E-state index < -0.39 is 0 Å². The van der Waals surface area contributed by atoms with Gasteiger partial charge in [0.05, 0.1) is 11.0 Å². The molecule has 0 atom stereocenters. The van der Waals surface area contributed by atoms with E-state index in [2.05, 4.69) is 20.4 Å². The van der Waals surface area contributed by atoms with E-state index in [1.165, 1.54) is 0 Å². The van der Waals surface area contributed by atoms with Crippen molar-refractivity contribution in [2.75, 3.05) is 0 Å². The van der Waals surface area contributed by atoms with Gasteiger partial charge in [0.15, 0.2) is 17.2 Å². The number of rotatable bonds is 1. The maximum atomic E-state index is 8.92. The van der Waals surface area contributed by atoms with Crippen molar-refractivity contribution in [2.45, 2.75) is 0 Å². The molecule has 0 radical (unpaired) electrons. The molecule has 0 aliphatic rings. The van der Waals surface area contributed by atoms with Gasteiger partial charge in [0.25, 0.3) is 0 Å². The van der Waals surface area contributed by atoms with E-state index >= 15 is 0 Å². The third-order valence-corrected chi connectivity index (χ3v) is 2.65. The molecule has 0 unspecified atom stereocenters. The lowest BCUT2D eigenvalue weighted by Gasteiger charge is -1.97. The second-order valence-electron chi connectivity index (χ2n) is 3.62. The summed E-state index contributed by atoms with van der Waals surface area (Å²) in [5, 5.41) is 19.1. The average Bonchev–Trinajstić information content (AvgIpc) is 2.94. The molecule has 1 N–H and O–H groups in total. The largest absolute Gasteiger partial charge is 0.326 e. The standard InChI is InChI=1S/C11H8N6/c1-17-9-5-3-2-4-7(9)13-11(17)10-8(6-12)14-16-15-10/h2-5H,1H3,(H,14,15,16). The van der Waals surface area contributed by atoms with Crippen LogP contribution in [0.5, 0.6) is 0 Å². The summed E-state index contributed by atoms with van der Waals surface area (Å²) in [6, 6.07) is 9.75. The number of aryl methyl sites for hydroxylation is 1. The molecule has 0 amide bonds. The van der Waals surface area contributed by atoms with Gasteiger partial charge in [0.1, 0.15) is 6.07 Å². The first-order chi connectivity index (χ1) is 8.31. The SMILES string of the molecule is Cn1c(-c2n[nH]nc2C#N)nc2ccccc21. The van der Waals surface area contributed by atoms with E-state index in [1.54, 1.807) is 0 Å². The van der Waals surface area contributed by atoms with E-state index in [9.17, 15) is 0 Å². The average molecular weight is 224 g/mol. The number of benzene rings is 1. The molecule has 17 heavy (non-hydrogen) atoms. The Hall–Kier alpha value is -2.68. The Bertz CT molecular complexity index is 730. The number of para-hydroxylation sites is 2. The van der Waals surface area contributed by atoms with E-state index in [1.807, 2.05) is 41.9 Å². The predicted molar refractivity (Wildman–Crippen MR) is 60.8 cm³/mol. The summed E-state index contributed by atoms with van der Waals surface area (Å²) in [6.07, 6.45) is 0. The fraction of sp³-hybridized carbons (Fsp3) is 0.0909. The number of hydrogen-bond acceptors (Lipinski definition) is 4. The monoisotopic (exact) mass is 224 g/mol. The van der Waals surface area contributed by atoms with Crippen LogP contribution in [0.3, 0.4) is 0 Å². The molecule has 3 aromatic rings. The van der Waals surface area contributed by atoms with Crippen molar-refractivity contribution in [2.24, 2.45) is 7.05 Å². The van der Waals surface area contributed by atoms with Crippen LogP contribution in [-0.4, -0.2) is 25.0 Å². The molecule has 0 spiro atoms. The number of fused-ring (bicyclic) bond motifs is 1. The first kappa shape index (κ1) is 9.54. The smallest absolute Gasteiger partial charge is 0.193 e. The highest BCUT2D eigenvalue weighted by Gasteiger charge is 2.16. The number of aromatic nitrogens is 5. The minimum atomic E-state index is 0.253. The Kier molecular flexibility index (Phi) is 1.92. The Balaban J connectivity index is 2.32. The molecule has 0 saturated carbocycles. The highest BCUT2D eigenvalue weighted by atomic mass is 15.3. The highest BCUT2D eigenvalue weighted by molar-refractivity contribution is 5.80. The Morgan fingerprint density at radius 1 is 1.29 bits per heavy atom. The van der Waals surface area contributed by atoms with Gasteiger partial charge in [-0.05, 0) is 12.1 Å². The number of hydrogen-bond donors (Lipinski definition) is 1. The number of nitrogens with zero attached hydrogens (tertiary/aromatic N) is 5. The molecular weight excluding hydrogens is 216 g/mol. The van der Waals surface area contributed by atoms with Gasteiger partial charge in [0, 0.05) is 7.05 Å². The molecular formula is C11H8N6. The molecule has 0 fully saturated rings. The van der Waals surface area contributed by atoms with Gasteiger partial charge in [-0.1, -0.05) is 12.1 Å². The quantitative estimate of drug-likeness (QED) is 0.673. The lowest BCUT2D eigenvalue weighted by Crippen LogP contribution is -1.94. The number of nitriles is 1. The van der Waals surface area contributed by atoms with E-state index in [0.717, 1.165) is 11.0 Å². The summed E-state index contributed by atoms with van der Waals surface area (Å²) < 4.78 is 1.90. The molecule has 2 heterocycles. The summed E-state index contributed by atoms with van der Waals surface area (Å²) in [6.45, 7) is 0. The van der Waals surface area contributed by atoms with Crippen LogP contribution in [0.1, 0.15) is 5.69 Å². The topological polar surface area (TPSA) is 83.2 Å². The van der Waals surface area contributed by atoms with Crippen LogP contribution in [0.4, 0.5) is 0 Å². The molecule has 1 aromatic carbocycles. The minimum Gasteiger partial charge on any atom is -0.326 e. The predicted octanol–water partition coefficient (Wildman–Crippen LogP) is 1.23. The van der Waals surface area contributed by atoms with Crippen LogP contribution in [0, 0.1) is 11.3 Å². The number of nitrogens with one attached hydrogen (secondary N) is 1. The molecule has 3 rings (SSSR count). The van der Waals surface area contributed by atoms with Crippen LogP contribution in [-0.2, 0) is 7.05 Å². The lowest BCUT2D eigenvalue weighted by molar-refractivity contribution is 0.918. The van der Waals surface area contributed by atoms with E-state index in [-0.39, 0.29) is 5.69 Å². The van der Waals surface area contributed by atoms with Crippen LogP contribution in [0.15, 0.2) is 24.3 Å². The summed E-state index contributed by atoms with van der Waals surface area (Å²) in [7, 11) is 1.89. The highest BCUT2D eigenvalue weighted by Crippen LogP contribution is 2.22. The Labute approximate surface area is 96.5 Å². The van der Waals surface area contributed by atoms with Gasteiger partial charge in [0.2, 0.25) is 0 Å². The van der Waals surface area contributed by atoms with Gasteiger partial charge in [-0.2, -0.15) is 15.6 Å². The van der Waals surface area contributed by atoms with Crippen LogP contribution in [0.25, 0.3) is 22.6 Å².